The van der Waals surface area contributed by atoms with Crippen LogP contribution in [0, 0.1) is 0 Å². The van der Waals surface area contributed by atoms with Gasteiger partial charge in [-0.25, -0.2) is 4.98 Å². The molecule has 2 aromatic heterocycles. The molecule has 0 aliphatic rings. The van der Waals surface area contributed by atoms with Crippen LogP contribution in [0.4, 0.5) is 5.13 Å². The molecule has 2 nitrogen and oxygen atoms in total. The summed E-state index contributed by atoms with van der Waals surface area (Å²) >= 11 is 9.40. The Morgan fingerprint density at radius 3 is 2.67 bits per heavy atom. The molecule has 0 amide bonds. The number of nitrogen functional groups attached to an aromatic ring is 1. The Morgan fingerprint density at radius 2 is 1.94 bits per heavy atom. The Bertz CT molecular complexity index is 674. The fraction of sp³-hybridized carbons (Fsp3) is 0. The molecule has 1 aromatic carbocycles. The van der Waals surface area contributed by atoms with Gasteiger partial charge < -0.3 is 5.73 Å². The summed E-state index contributed by atoms with van der Waals surface area (Å²) in [6.45, 7) is 0. The fourth-order valence-corrected chi connectivity index (χ4v) is 3.67. The van der Waals surface area contributed by atoms with E-state index in [1.165, 1.54) is 16.2 Å². The van der Waals surface area contributed by atoms with E-state index in [0.717, 1.165) is 16.1 Å². The van der Waals surface area contributed by atoms with Crippen molar-refractivity contribution in [1.82, 2.24) is 4.98 Å². The summed E-state index contributed by atoms with van der Waals surface area (Å²) in [6.07, 6.45) is 0. The molecule has 2 N–H and O–H groups in total. The molecular formula is C13H9ClN2S2. The van der Waals surface area contributed by atoms with E-state index in [-0.39, 0.29) is 0 Å². The molecule has 0 aliphatic heterocycles. The Balaban J connectivity index is 2.22. The predicted octanol–water partition coefficient (Wildman–Crippen LogP) is 4.77. The lowest BCUT2D eigenvalue weighted by Gasteiger charge is -2.02. The van der Waals surface area contributed by atoms with E-state index >= 15 is 0 Å². The highest BCUT2D eigenvalue weighted by Crippen LogP contribution is 2.41. The van der Waals surface area contributed by atoms with E-state index in [1.54, 1.807) is 11.3 Å². The first-order valence-corrected chi connectivity index (χ1v) is 7.38. The van der Waals surface area contributed by atoms with Crippen molar-refractivity contribution in [1.29, 1.82) is 0 Å². The Morgan fingerprint density at radius 1 is 1.11 bits per heavy atom. The minimum atomic E-state index is 0.563. The topological polar surface area (TPSA) is 38.9 Å². The maximum atomic E-state index is 6.23. The van der Waals surface area contributed by atoms with Gasteiger partial charge in [0, 0.05) is 10.4 Å². The van der Waals surface area contributed by atoms with Crippen LogP contribution in [0.15, 0.2) is 41.8 Å². The van der Waals surface area contributed by atoms with E-state index in [0.29, 0.717) is 10.2 Å². The Hall–Kier alpha value is -1.36. The van der Waals surface area contributed by atoms with Crippen molar-refractivity contribution in [3.63, 3.8) is 0 Å². The van der Waals surface area contributed by atoms with Crippen molar-refractivity contribution in [2.45, 2.75) is 0 Å². The fourth-order valence-electron chi connectivity index (χ4n) is 1.75. The van der Waals surface area contributed by atoms with Gasteiger partial charge in [0.2, 0.25) is 0 Å². The number of thiazole rings is 1. The Kier molecular flexibility index (Phi) is 3.07. The standard InChI is InChI=1S/C13H9ClN2S2/c14-9-5-2-1-4-8(9)11-12(18-13(15)16-11)10-6-3-7-17-10/h1-7H,(H2,15,16). The number of benzene rings is 1. The summed E-state index contributed by atoms with van der Waals surface area (Å²) in [5.74, 6) is 0. The second-order valence-corrected chi connectivity index (χ2v) is 6.07. The lowest BCUT2D eigenvalue weighted by Crippen LogP contribution is -1.84. The summed E-state index contributed by atoms with van der Waals surface area (Å²) in [7, 11) is 0. The van der Waals surface area contributed by atoms with Crippen LogP contribution in [0.5, 0.6) is 0 Å². The molecule has 3 rings (SSSR count). The summed E-state index contributed by atoms with van der Waals surface area (Å²) in [4.78, 5) is 6.66. The zero-order valence-electron chi connectivity index (χ0n) is 9.26. The molecule has 0 atom stereocenters. The minimum absolute atomic E-state index is 0.563. The van der Waals surface area contributed by atoms with Crippen LogP contribution in [0.3, 0.4) is 0 Å². The zero-order chi connectivity index (χ0) is 12.5. The third-order valence-corrected chi connectivity index (χ3v) is 4.78. The third kappa shape index (κ3) is 2.03. The number of halogens is 1. The number of anilines is 1. The summed E-state index contributed by atoms with van der Waals surface area (Å²) < 4.78 is 0. The molecule has 0 saturated heterocycles. The van der Waals surface area contributed by atoms with Crippen molar-refractivity contribution >= 4 is 39.4 Å². The number of aromatic nitrogens is 1. The van der Waals surface area contributed by atoms with Crippen LogP contribution in [0.25, 0.3) is 21.0 Å². The lowest BCUT2D eigenvalue weighted by molar-refractivity contribution is 1.41. The van der Waals surface area contributed by atoms with Gasteiger partial charge in [-0.15, -0.1) is 11.3 Å². The number of hydrogen-bond acceptors (Lipinski definition) is 4. The average molecular weight is 293 g/mol. The van der Waals surface area contributed by atoms with Gasteiger partial charge in [0.15, 0.2) is 5.13 Å². The quantitative estimate of drug-likeness (QED) is 0.738. The highest BCUT2D eigenvalue weighted by atomic mass is 35.5. The number of nitrogens with zero attached hydrogens (tertiary/aromatic N) is 1. The zero-order valence-corrected chi connectivity index (χ0v) is 11.6. The van der Waals surface area contributed by atoms with Gasteiger partial charge in [-0.1, -0.05) is 47.2 Å². The van der Waals surface area contributed by atoms with Crippen LogP contribution in [-0.4, -0.2) is 4.98 Å². The van der Waals surface area contributed by atoms with Crippen LogP contribution >= 0.6 is 34.3 Å². The van der Waals surface area contributed by atoms with Gasteiger partial charge in [0.1, 0.15) is 0 Å². The molecule has 0 saturated carbocycles. The number of nitrogens with two attached hydrogens (primary N) is 1. The largest absolute Gasteiger partial charge is 0.375 e. The monoisotopic (exact) mass is 292 g/mol. The highest BCUT2D eigenvalue weighted by molar-refractivity contribution is 7.23. The first-order valence-electron chi connectivity index (χ1n) is 5.31. The van der Waals surface area contributed by atoms with Gasteiger partial charge in [0.25, 0.3) is 0 Å². The molecule has 0 aliphatic carbocycles. The van der Waals surface area contributed by atoms with E-state index in [1.807, 2.05) is 35.7 Å². The summed E-state index contributed by atoms with van der Waals surface area (Å²) in [6, 6.07) is 11.8. The van der Waals surface area contributed by atoms with Crippen molar-refractivity contribution in [3.05, 3.63) is 46.8 Å². The minimum Gasteiger partial charge on any atom is -0.375 e. The second kappa shape index (κ2) is 4.72. The van der Waals surface area contributed by atoms with E-state index in [2.05, 4.69) is 11.1 Å². The first kappa shape index (κ1) is 11.7. The van der Waals surface area contributed by atoms with Crippen LogP contribution in [0.1, 0.15) is 0 Å². The van der Waals surface area contributed by atoms with Gasteiger partial charge in [-0.2, -0.15) is 0 Å². The van der Waals surface area contributed by atoms with Crippen LogP contribution in [0.2, 0.25) is 5.02 Å². The molecule has 0 fully saturated rings. The Labute approximate surface area is 118 Å². The molecule has 2 heterocycles. The van der Waals surface area contributed by atoms with Gasteiger partial charge in [-0.3, -0.25) is 0 Å². The molecule has 0 radical (unpaired) electrons. The molecule has 3 aromatic rings. The number of hydrogen-bond donors (Lipinski definition) is 1. The number of rotatable bonds is 2. The predicted molar refractivity (Wildman–Crippen MR) is 80.3 cm³/mol. The third-order valence-electron chi connectivity index (χ3n) is 2.52. The molecule has 0 spiro atoms. The van der Waals surface area contributed by atoms with Crippen LogP contribution < -0.4 is 5.73 Å². The smallest absolute Gasteiger partial charge is 0.181 e. The number of thiophene rings is 1. The van der Waals surface area contributed by atoms with Crippen molar-refractivity contribution < 1.29 is 0 Å². The maximum Gasteiger partial charge on any atom is 0.181 e. The van der Waals surface area contributed by atoms with E-state index in [4.69, 9.17) is 17.3 Å². The van der Waals surface area contributed by atoms with Gasteiger partial charge >= 0.3 is 0 Å². The highest BCUT2D eigenvalue weighted by Gasteiger charge is 2.16. The van der Waals surface area contributed by atoms with E-state index in [9.17, 15) is 0 Å². The molecular weight excluding hydrogens is 284 g/mol. The second-order valence-electron chi connectivity index (χ2n) is 3.69. The van der Waals surface area contributed by atoms with Crippen molar-refractivity contribution in [3.8, 4) is 21.0 Å². The molecule has 18 heavy (non-hydrogen) atoms. The molecule has 5 heteroatoms. The SMILES string of the molecule is Nc1nc(-c2ccccc2Cl)c(-c2cccs2)s1. The first-order chi connectivity index (χ1) is 8.75. The van der Waals surface area contributed by atoms with Gasteiger partial charge in [-0.05, 0) is 17.5 Å². The van der Waals surface area contributed by atoms with Crippen molar-refractivity contribution in [2.24, 2.45) is 0 Å². The molecule has 0 unspecified atom stereocenters. The van der Waals surface area contributed by atoms with E-state index < -0.39 is 0 Å². The lowest BCUT2D eigenvalue weighted by atomic mass is 10.1. The maximum absolute atomic E-state index is 6.23. The summed E-state index contributed by atoms with van der Waals surface area (Å²) in [5, 5.41) is 3.30. The molecule has 0 bridgehead atoms. The average Bonchev–Trinajstić information content (AvgIpc) is 2.98. The summed E-state index contributed by atoms with van der Waals surface area (Å²) in [5.41, 5.74) is 7.63. The normalized spacial score (nSPS) is 10.7. The van der Waals surface area contributed by atoms with Gasteiger partial charge in [0.05, 0.1) is 15.6 Å². The van der Waals surface area contributed by atoms with Crippen LogP contribution in [-0.2, 0) is 0 Å². The van der Waals surface area contributed by atoms with Crippen molar-refractivity contribution in [2.75, 3.05) is 5.73 Å². The molecule has 90 valence electrons.